The third-order valence-electron chi connectivity index (χ3n) is 6.41. The topological polar surface area (TPSA) is 79.0 Å². The van der Waals surface area contributed by atoms with E-state index in [1.165, 1.54) is 50.1 Å². The molecule has 1 amide bonds. The number of hydrogen-bond acceptors (Lipinski definition) is 5. The number of amides is 1. The quantitative estimate of drug-likeness (QED) is 0.397. The van der Waals surface area contributed by atoms with Crippen molar-refractivity contribution in [2.75, 3.05) is 31.0 Å². The van der Waals surface area contributed by atoms with E-state index in [2.05, 4.69) is 22.3 Å². The number of piperidine rings is 1. The molecule has 1 saturated heterocycles. The highest BCUT2D eigenvalue weighted by molar-refractivity contribution is 7.92. The van der Waals surface area contributed by atoms with Crippen molar-refractivity contribution in [2.24, 2.45) is 0 Å². The average molecular weight is 542 g/mol. The predicted molar refractivity (Wildman–Crippen MR) is 146 cm³/mol. The summed E-state index contributed by atoms with van der Waals surface area (Å²) in [7, 11) is -2.54. The van der Waals surface area contributed by atoms with E-state index in [-0.39, 0.29) is 15.6 Å². The summed E-state index contributed by atoms with van der Waals surface area (Å²) in [5.41, 5.74) is 2.46. The Morgan fingerprint density at radius 1 is 0.973 bits per heavy atom. The summed E-state index contributed by atoms with van der Waals surface area (Å²) >= 11 is 6.27. The van der Waals surface area contributed by atoms with Crippen LogP contribution in [0.1, 0.15) is 30.4 Å². The van der Waals surface area contributed by atoms with Crippen LogP contribution in [0.25, 0.3) is 0 Å². The van der Waals surface area contributed by atoms with E-state index in [0.29, 0.717) is 12.3 Å². The van der Waals surface area contributed by atoms with Crippen LogP contribution in [0.15, 0.2) is 77.7 Å². The Labute approximate surface area is 224 Å². The first-order valence-electron chi connectivity index (χ1n) is 12.3. The molecule has 0 radical (unpaired) electrons. The fourth-order valence-electron chi connectivity index (χ4n) is 4.37. The van der Waals surface area contributed by atoms with Crippen molar-refractivity contribution in [3.63, 3.8) is 0 Å². The molecule has 1 N–H and O–H groups in total. The first-order chi connectivity index (χ1) is 17.9. The minimum absolute atomic E-state index is 0.0824. The summed E-state index contributed by atoms with van der Waals surface area (Å²) < 4.78 is 33.2. The van der Waals surface area contributed by atoms with Crippen LogP contribution in [0.5, 0.6) is 5.75 Å². The monoisotopic (exact) mass is 541 g/mol. The van der Waals surface area contributed by atoms with E-state index in [1.807, 2.05) is 12.1 Å². The summed E-state index contributed by atoms with van der Waals surface area (Å²) in [4.78, 5) is 15.5. The van der Waals surface area contributed by atoms with Gasteiger partial charge in [-0.15, -0.1) is 0 Å². The summed E-state index contributed by atoms with van der Waals surface area (Å²) in [6.07, 6.45) is 3.82. The fraction of sp³-hybridized carbons (Fsp3) is 0.321. The highest BCUT2D eigenvalue weighted by Crippen LogP contribution is 2.31. The van der Waals surface area contributed by atoms with E-state index < -0.39 is 22.5 Å². The molecule has 3 aromatic rings. The van der Waals surface area contributed by atoms with Crippen LogP contribution in [-0.2, 0) is 27.9 Å². The van der Waals surface area contributed by atoms with Gasteiger partial charge in [0.05, 0.1) is 22.7 Å². The Morgan fingerprint density at radius 3 is 2.30 bits per heavy atom. The molecule has 0 saturated carbocycles. The second kappa shape index (κ2) is 12.4. The van der Waals surface area contributed by atoms with Gasteiger partial charge in [0, 0.05) is 13.1 Å². The van der Waals surface area contributed by atoms with Gasteiger partial charge in [0.15, 0.2) is 0 Å². The maximum absolute atomic E-state index is 13.5. The molecule has 196 valence electrons. The number of likely N-dealkylation sites (tertiary alicyclic amines) is 1. The van der Waals surface area contributed by atoms with E-state index in [0.717, 1.165) is 29.5 Å². The number of benzene rings is 3. The second-order valence-corrected chi connectivity index (χ2v) is 11.3. The lowest BCUT2D eigenvalue weighted by molar-refractivity contribution is -0.119. The minimum Gasteiger partial charge on any atom is -0.495 e. The minimum atomic E-state index is -4.02. The Hall–Kier alpha value is -3.07. The maximum atomic E-state index is 13.5. The Bertz CT molecular complexity index is 1290. The molecule has 1 heterocycles. The largest absolute Gasteiger partial charge is 0.495 e. The molecule has 9 heteroatoms. The van der Waals surface area contributed by atoms with Gasteiger partial charge in [-0.3, -0.25) is 14.0 Å². The average Bonchev–Trinajstić information content (AvgIpc) is 2.92. The lowest BCUT2D eigenvalue weighted by Gasteiger charge is -2.26. The van der Waals surface area contributed by atoms with E-state index in [1.54, 1.807) is 30.3 Å². The third kappa shape index (κ3) is 7.03. The third-order valence-corrected chi connectivity index (χ3v) is 8.49. The summed E-state index contributed by atoms with van der Waals surface area (Å²) in [6.45, 7) is 3.11. The van der Waals surface area contributed by atoms with Gasteiger partial charge in [-0.05, 0) is 67.4 Å². The van der Waals surface area contributed by atoms with E-state index in [9.17, 15) is 13.2 Å². The van der Waals surface area contributed by atoms with Gasteiger partial charge in [0.2, 0.25) is 5.91 Å². The van der Waals surface area contributed by atoms with Crippen molar-refractivity contribution in [1.29, 1.82) is 0 Å². The zero-order valence-electron chi connectivity index (χ0n) is 20.9. The molecule has 0 atom stereocenters. The van der Waals surface area contributed by atoms with Gasteiger partial charge >= 0.3 is 0 Å². The van der Waals surface area contributed by atoms with Crippen molar-refractivity contribution in [1.82, 2.24) is 10.2 Å². The number of sulfonamides is 1. The summed E-state index contributed by atoms with van der Waals surface area (Å²) in [5, 5.41) is 3.10. The number of carbonyl (C=O) groups is 1. The van der Waals surface area contributed by atoms with Crippen LogP contribution in [0.4, 0.5) is 5.69 Å². The van der Waals surface area contributed by atoms with Crippen molar-refractivity contribution >= 4 is 33.2 Å². The zero-order chi connectivity index (χ0) is 26.3. The van der Waals surface area contributed by atoms with Crippen LogP contribution in [0.2, 0.25) is 5.02 Å². The SMILES string of the molecule is COc1ccc(N(CC(=O)NCc2ccc(CN3CCCCC3)cc2)S(=O)(=O)c2ccccc2)cc1Cl. The van der Waals surface area contributed by atoms with Crippen LogP contribution >= 0.6 is 11.6 Å². The molecule has 7 nitrogen and oxygen atoms in total. The number of nitrogens with zero attached hydrogens (tertiary/aromatic N) is 2. The van der Waals surface area contributed by atoms with Gasteiger partial charge < -0.3 is 10.1 Å². The number of carbonyl (C=O) groups excluding carboxylic acids is 1. The molecule has 0 aromatic heterocycles. The molecule has 0 aliphatic carbocycles. The van der Waals surface area contributed by atoms with Crippen molar-refractivity contribution in [2.45, 2.75) is 37.2 Å². The van der Waals surface area contributed by atoms with Crippen molar-refractivity contribution < 1.29 is 17.9 Å². The number of halogens is 1. The van der Waals surface area contributed by atoms with Crippen LogP contribution in [-0.4, -0.2) is 46.0 Å². The highest BCUT2D eigenvalue weighted by Gasteiger charge is 2.27. The number of methoxy groups -OCH3 is 1. The van der Waals surface area contributed by atoms with Crippen molar-refractivity contribution in [3.05, 3.63) is 88.9 Å². The second-order valence-electron chi connectivity index (χ2n) is 9.07. The standard InChI is InChI=1S/C28H32ClN3O4S/c1-36-27-15-14-24(18-26(27)29)32(37(34,35)25-8-4-2-5-9-25)21-28(33)30-19-22-10-12-23(13-11-22)20-31-16-6-3-7-17-31/h2,4-5,8-15,18H,3,6-7,16-17,19-21H2,1H3,(H,30,33). The molecule has 0 bridgehead atoms. The fourth-order valence-corrected chi connectivity index (χ4v) is 6.06. The van der Waals surface area contributed by atoms with Crippen LogP contribution in [0.3, 0.4) is 0 Å². The number of hydrogen-bond donors (Lipinski definition) is 1. The summed E-state index contributed by atoms with van der Waals surface area (Å²) in [5.74, 6) is -0.0144. The first kappa shape index (κ1) is 27.0. The van der Waals surface area contributed by atoms with Crippen molar-refractivity contribution in [3.8, 4) is 5.75 Å². The molecule has 0 spiro atoms. The first-order valence-corrected chi connectivity index (χ1v) is 14.2. The smallest absolute Gasteiger partial charge is 0.264 e. The molecule has 1 aliphatic rings. The molecular formula is C28H32ClN3O4S. The molecule has 1 aliphatic heterocycles. The molecule has 4 rings (SSSR count). The van der Waals surface area contributed by atoms with Crippen LogP contribution < -0.4 is 14.4 Å². The van der Waals surface area contributed by atoms with Crippen LogP contribution in [0, 0.1) is 0 Å². The van der Waals surface area contributed by atoms with Gasteiger partial charge in [-0.25, -0.2) is 8.42 Å². The van der Waals surface area contributed by atoms with E-state index >= 15 is 0 Å². The normalized spacial score (nSPS) is 14.2. The maximum Gasteiger partial charge on any atom is 0.264 e. The van der Waals surface area contributed by atoms with Gasteiger partial charge in [0.25, 0.3) is 10.0 Å². The Balaban J connectivity index is 1.45. The predicted octanol–water partition coefficient (Wildman–Crippen LogP) is 4.85. The van der Waals surface area contributed by atoms with Gasteiger partial charge in [-0.2, -0.15) is 0 Å². The number of rotatable bonds is 10. The van der Waals surface area contributed by atoms with E-state index in [4.69, 9.17) is 16.3 Å². The number of ether oxygens (including phenoxy) is 1. The molecule has 0 unspecified atom stereocenters. The molecule has 37 heavy (non-hydrogen) atoms. The Kier molecular flexibility index (Phi) is 9.08. The highest BCUT2D eigenvalue weighted by atomic mass is 35.5. The Morgan fingerprint density at radius 2 is 1.65 bits per heavy atom. The molecule has 1 fully saturated rings. The number of nitrogens with one attached hydrogen (secondary N) is 1. The van der Waals surface area contributed by atoms with Gasteiger partial charge in [-0.1, -0.05) is 60.5 Å². The molecular weight excluding hydrogens is 510 g/mol. The molecule has 3 aromatic carbocycles. The number of anilines is 1. The lowest BCUT2D eigenvalue weighted by atomic mass is 10.1. The summed E-state index contributed by atoms with van der Waals surface area (Å²) in [6, 6.07) is 20.8. The zero-order valence-corrected chi connectivity index (χ0v) is 22.5. The lowest BCUT2D eigenvalue weighted by Crippen LogP contribution is -2.40. The van der Waals surface area contributed by atoms with Gasteiger partial charge in [0.1, 0.15) is 12.3 Å².